The molecule has 10 heteroatoms. The molecule has 0 aromatic carbocycles. The van der Waals surface area contributed by atoms with Gasteiger partial charge in [-0.15, -0.1) is 0 Å². The van der Waals surface area contributed by atoms with Crippen molar-refractivity contribution in [2.75, 3.05) is 0 Å². The van der Waals surface area contributed by atoms with Gasteiger partial charge in [0.15, 0.2) is 0 Å². The molecule has 1 saturated heterocycles. The van der Waals surface area contributed by atoms with Gasteiger partial charge in [0, 0.05) is 46.6 Å². The predicted molar refractivity (Wildman–Crippen MR) is 164 cm³/mol. The van der Waals surface area contributed by atoms with Gasteiger partial charge in [-0.2, -0.15) is 0 Å². The summed E-state index contributed by atoms with van der Waals surface area (Å²) >= 11 is 0. The van der Waals surface area contributed by atoms with Crippen LogP contribution in [0.25, 0.3) is 12.2 Å². The number of amides is 2. The van der Waals surface area contributed by atoms with Gasteiger partial charge in [0.2, 0.25) is 5.91 Å². The largest absolute Gasteiger partial charge is 0.481 e. The molecule has 10 nitrogen and oxygen atoms in total. The molecule has 0 saturated carbocycles. The summed E-state index contributed by atoms with van der Waals surface area (Å²) in [6, 6.07) is -0.149. The molecule has 3 aliphatic rings. The number of carbonyl (C=O) groups excluding carboxylic acids is 2. The quantitative estimate of drug-likeness (QED) is 0.266. The summed E-state index contributed by atoms with van der Waals surface area (Å²) in [6.07, 6.45) is 7.70. The third-order valence-electron chi connectivity index (χ3n) is 9.14. The number of rotatable bonds is 11. The van der Waals surface area contributed by atoms with E-state index in [0.717, 1.165) is 39.6 Å². The Labute approximate surface area is 251 Å². The smallest absolute Gasteiger partial charge is 0.303 e. The molecule has 4 heterocycles. The SMILES string of the molecule is CCC1=C(C)/C(=C/C2=NC(/C=c3\[nH]/c(=C\C4NC(=O)[C@H](C)[C@H]4CC)c(C)c3CCC(=O)O)=C(CCC(=O)O)C2C)NC1=O. The standard InChI is InChI=1S/C33H42N4O6/c1-7-20-19(6)32(42)37-27(20)14-25-18(5)23(10-12-31(40)41)29(35-25)15-28-22(9-11-30(38)39)17(4)24(34-28)13-26-16(3)21(8-2)33(43)36-26/h13-15,17,19-20,27,35H,7-12H2,1-6H3,(H,36,43)(H,37,42)(H,38,39)(H,40,41)/b25-14-,26-13-,29-15-/t17?,19-,20-,27?/m1/s1. The van der Waals surface area contributed by atoms with Crippen molar-refractivity contribution in [3.8, 4) is 0 Å². The lowest BCUT2D eigenvalue weighted by atomic mass is 9.89. The number of hydrogen-bond donors (Lipinski definition) is 5. The maximum absolute atomic E-state index is 12.4. The van der Waals surface area contributed by atoms with Crippen LogP contribution in [0.5, 0.6) is 0 Å². The molecule has 0 aliphatic carbocycles. The number of carboxylic acids is 2. The summed E-state index contributed by atoms with van der Waals surface area (Å²) in [5.74, 6) is -2.04. The lowest BCUT2D eigenvalue weighted by molar-refractivity contribution is -0.138. The minimum atomic E-state index is -0.909. The molecular formula is C33H42N4O6. The number of nitrogens with zero attached hydrogens (tertiary/aromatic N) is 1. The normalized spacial score (nSPS) is 25.7. The van der Waals surface area contributed by atoms with Crippen molar-refractivity contribution in [1.29, 1.82) is 0 Å². The molecule has 230 valence electrons. The Hall–Kier alpha value is -4.21. The van der Waals surface area contributed by atoms with Gasteiger partial charge >= 0.3 is 11.9 Å². The van der Waals surface area contributed by atoms with Crippen molar-refractivity contribution < 1.29 is 29.4 Å². The minimum absolute atomic E-state index is 0.0222. The molecule has 0 radical (unpaired) electrons. The van der Waals surface area contributed by atoms with Gasteiger partial charge < -0.3 is 25.8 Å². The lowest BCUT2D eigenvalue weighted by Crippen LogP contribution is -2.29. The molecule has 4 rings (SSSR count). The second-order valence-corrected chi connectivity index (χ2v) is 11.7. The van der Waals surface area contributed by atoms with Crippen LogP contribution in [0.4, 0.5) is 0 Å². The number of allylic oxidation sites excluding steroid dienone is 4. The van der Waals surface area contributed by atoms with Crippen molar-refractivity contribution in [3.63, 3.8) is 0 Å². The molecule has 43 heavy (non-hydrogen) atoms. The Balaban J connectivity index is 1.84. The van der Waals surface area contributed by atoms with Gasteiger partial charge in [-0.25, -0.2) is 0 Å². The number of H-pyrrole nitrogens is 1. The molecule has 1 aromatic rings. The first kappa shape index (κ1) is 31.7. The molecular weight excluding hydrogens is 548 g/mol. The monoisotopic (exact) mass is 590 g/mol. The number of aliphatic carboxylic acids is 2. The summed E-state index contributed by atoms with van der Waals surface area (Å²) in [5, 5.41) is 26.4. The molecule has 5 N–H and O–H groups in total. The van der Waals surface area contributed by atoms with Crippen LogP contribution in [0, 0.1) is 24.7 Å². The third kappa shape index (κ3) is 6.58. The maximum Gasteiger partial charge on any atom is 0.303 e. The van der Waals surface area contributed by atoms with Gasteiger partial charge in [-0.05, 0) is 79.5 Å². The molecule has 0 bridgehead atoms. The summed E-state index contributed by atoms with van der Waals surface area (Å²) in [5.41, 5.74) is 6.25. The molecule has 2 unspecified atom stereocenters. The Bertz CT molecular complexity index is 1610. The third-order valence-corrected chi connectivity index (χ3v) is 9.14. The second kappa shape index (κ2) is 13.0. The van der Waals surface area contributed by atoms with E-state index in [0.29, 0.717) is 41.7 Å². The number of aromatic amines is 1. The number of hydrogen-bond acceptors (Lipinski definition) is 5. The fourth-order valence-corrected chi connectivity index (χ4v) is 6.44. The minimum Gasteiger partial charge on any atom is -0.481 e. The highest BCUT2D eigenvalue weighted by atomic mass is 16.4. The second-order valence-electron chi connectivity index (χ2n) is 11.7. The van der Waals surface area contributed by atoms with E-state index in [-0.39, 0.29) is 48.5 Å². The number of nitrogens with one attached hydrogen (secondary N) is 3. The highest BCUT2D eigenvalue weighted by Crippen LogP contribution is 2.33. The average Bonchev–Trinajstić information content (AvgIpc) is 3.59. The maximum atomic E-state index is 12.4. The van der Waals surface area contributed by atoms with Crippen LogP contribution in [0.3, 0.4) is 0 Å². The van der Waals surface area contributed by atoms with Gasteiger partial charge in [-0.1, -0.05) is 34.1 Å². The van der Waals surface area contributed by atoms with E-state index in [1.54, 1.807) is 0 Å². The van der Waals surface area contributed by atoms with Crippen molar-refractivity contribution >= 4 is 41.6 Å². The zero-order valence-corrected chi connectivity index (χ0v) is 25.8. The highest BCUT2D eigenvalue weighted by Gasteiger charge is 2.37. The van der Waals surface area contributed by atoms with Crippen LogP contribution in [0.2, 0.25) is 0 Å². The summed E-state index contributed by atoms with van der Waals surface area (Å²) in [7, 11) is 0. The van der Waals surface area contributed by atoms with Crippen LogP contribution in [0.15, 0.2) is 39.2 Å². The molecule has 1 fully saturated rings. The number of aliphatic imine (C=N–C) groups is 1. The molecule has 4 atom stereocenters. The van der Waals surface area contributed by atoms with E-state index < -0.39 is 11.9 Å². The molecule has 0 spiro atoms. The first-order valence-corrected chi connectivity index (χ1v) is 15.1. The number of carboxylic acid groups (broad SMARTS) is 2. The molecule has 3 aliphatic heterocycles. The Morgan fingerprint density at radius 1 is 0.977 bits per heavy atom. The van der Waals surface area contributed by atoms with Gasteiger partial charge in [0.25, 0.3) is 5.91 Å². The van der Waals surface area contributed by atoms with Crippen LogP contribution < -0.4 is 21.3 Å². The van der Waals surface area contributed by atoms with Crippen molar-refractivity contribution in [3.05, 3.63) is 56.0 Å². The zero-order chi connectivity index (χ0) is 31.6. The summed E-state index contributed by atoms with van der Waals surface area (Å²) in [6.45, 7) is 11.8. The fraction of sp³-hybridized carbons (Fsp3) is 0.485. The number of aromatic nitrogens is 1. The van der Waals surface area contributed by atoms with Crippen molar-refractivity contribution in [2.24, 2.45) is 22.7 Å². The first-order chi connectivity index (χ1) is 20.4. The van der Waals surface area contributed by atoms with E-state index in [9.17, 15) is 29.4 Å². The number of carbonyl (C=O) groups is 4. The van der Waals surface area contributed by atoms with Crippen LogP contribution in [-0.2, 0) is 25.6 Å². The van der Waals surface area contributed by atoms with E-state index in [1.165, 1.54) is 0 Å². The first-order valence-electron chi connectivity index (χ1n) is 15.1. The Morgan fingerprint density at radius 3 is 2.26 bits per heavy atom. The van der Waals surface area contributed by atoms with Gasteiger partial charge in [0.1, 0.15) is 0 Å². The van der Waals surface area contributed by atoms with Crippen LogP contribution in [-0.4, -0.2) is 50.7 Å². The summed E-state index contributed by atoms with van der Waals surface area (Å²) < 4.78 is 0. The van der Waals surface area contributed by atoms with Crippen molar-refractivity contribution in [1.82, 2.24) is 15.6 Å². The Morgan fingerprint density at radius 2 is 1.65 bits per heavy atom. The molecule has 1 aromatic heterocycles. The van der Waals surface area contributed by atoms with Crippen molar-refractivity contribution in [2.45, 2.75) is 86.1 Å². The predicted octanol–water partition coefficient (Wildman–Crippen LogP) is 3.01. The topological polar surface area (TPSA) is 161 Å². The van der Waals surface area contributed by atoms with Crippen LogP contribution in [0.1, 0.15) is 77.8 Å². The van der Waals surface area contributed by atoms with Gasteiger partial charge in [0.05, 0.1) is 17.5 Å². The summed E-state index contributed by atoms with van der Waals surface area (Å²) in [4.78, 5) is 56.2. The average molecular weight is 591 g/mol. The Kier molecular flexibility index (Phi) is 9.57. The van der Waals surface area contributed by atoms with E-state index in [4.69, 9.17) is 4.99 Å². The van der Waals surface area contributed by atoms with Gasteiger partial charge in [-0.3, -0.25) is 24.2 Å². The zero-order valence-electron chi connectivity index (χ0n) is 25.8. The lowest BCUT2D eigenvalue weighted by Gasteiger charge is -2.15. The molecule has 2 amide bonds. The van der Waals surface area contributed by atoms with Crippen LogP contribution >= 0.6 is 0 Å². The van der Waals surface area contributed by atoms with E-state index in [2.05, 4.69) is 22.5 Å². The van der Waals surface area contributed by atoms with E-state index >= 15 is 0 Å². The highest BCUT2D eigenvalue weighted by molar-refractivity contribution is 6.06. The van der Waals surface area contributed by atoms with E-state index in [1.807, 2.05) is 52.8 Å². The fourth-order valence-electron chi connectivity index (χ4n) is 6.44.